The van der Waals surface area contributed by atoms with Crippen molar-refractivity contribution in [3.63, 3.8) is 0 Å². The van der Waals surface area contributed by atoms with Crippen LogP contribution in [0.3, 0.4) is 0 Å². The number of hydrogen-bond acceptors (Lipinski definition) is 7. The fourth-order valence-corrected chi connectivity index (χ4v) is 2.72. The minimum Gasteiger partial charge on any atom is -0.467 e. The van der Waals surface area contributed by atoms with Crippen LogP contribution in [0, 0.1) is 0 Å². The van der Waals surface area contributed by atoms with Gasteiger partial charge in [-0.15, -0.1) is 5.10 Å². The molecule has 3 aromatic heterocycles. The summed E-state index contributed by atoms with van der Waals surface area (Å²) in [7, 11) is 0. The first-order chi connectivity index (χ1) is 11.6. The van der Waals surface area contributed by atoms with Crippen molar-refractivity contribution in [2.75, 3.05) is 5.32 Å². The maximum Gasteiger partial charge on any atom is 0.238 e. The smallest absolute Gasteiger partial charge is 0.238 e. The van der Waals surface area contributed by atoms with E-state index in [2.05, 4.69) is 25.8 Å². The van der Waals surface area contributed by atoms with Crippen LogP contribution in [0.15, 0.2) is 46.3 Å². The Hall–Kier alpha value is -2.39. The lowest BCUT2D eigenvalue weighted by Gasteiger charge is -2.11. The Morgan fingerprint density at radius 2 is 2.33 bits per heavy atom. The topological polar surface area (TPSA) is 98.7 Å². The first kappa shape index (κ1) is 16.5. The number of halogens is 1. The molecule has 124 valence electrons. The van der Waals surface area contributed by atoms with E-state index in [1.165, 1.54) is 18.0 Å². The minimum atomic E-state index is -0.413. The average Bonchev–Trinajstić information content (AvgIpc) is 3.22. The fourth-order valence-electron chi connectivity index (χ4n) is 1.82. The summed E-state index contributed by atoms with van der Waals surface area (Å²) in [5.74, 6) is 0.959. The van der Waals surface area contributed by atoms with Gasteiger partial charge in [-0.3, -0.25) is 4.79 Å². The Bertz CT molecular complexity index is 805. The Morgan fingerprint density at radius 3 is 3.04 bits per heavy atom. The third-order valence-electron chi connectivity index (χ3n) is 3.01. The average molecular weight is 365 g/mol. The highest BCUT2D eigenvalue weighted by atomic mass is 35.5. The summed E-state index contributed by atoms with van der Waals surface area (Å²) in [5, 5.41) is 14.9. The lowest BCUT2D eigenvalue weighted by Crippen LogP contribution is -2.23. The van der Waals surface area contributed by atoms with Crippen molar-refractivity contribution in [2.45, 2.75) is 23.9 Å². The number of rotatable bonds is 6. The zero-order valence-electron chi connectivity index (χ0n) is 12.6. The number of nitrogens with one attached hydrogen (secondary N) is 1. The highest BCUT2D eigenvalue weighted by Crippen LogP contribution is 2.22. The summed E-state index contributed by atoms with van der Waals surface area (Å²) in [6, 6.07) is 6.92. The Morgan fingerprint density at radius 1 is 1.46 bits per heavy atom. The molecule has 0 fully saturated rings. The van der Waals surface area contributed by atoms with Gasteiger partial charge in [0.1, 0.15) is 18.1 Å². The number of anilines is 1. The molecule has 3 aromatic rings. The molecule has 0 saturated heterocycles. The highest BCUT2D eigenvalue weighted by molar-refractivity contribution is 8.00. The molecule has 3 heterocycles. The van der Waals surface area contributed by atoms with Crippen LogP contribution < -0.4 is 5.32 Å². The van der Waals surface area contributed by atoms with Gasteiger partial charge in [0, 0.05) is 6.20 Å². The number of tetrazole rings is 1. The minimum absolute atomic E-state index is 0.206. The quantitative estimate of drug-likeness (QED) is 0.671. The summed E-state index contributed by atoms with van der Waals surface area (Å²) < 4.78 is 6.86. The molecule has 0 bridgehead atoms. The second-order valence-corrected chi connectivity index (χ2v) is 6.55. The molecule has 0 spiro atoms. The van der Waals surface area contributed by atoms with Crippen molar-refractivity contribution in [1.29, 1.82) is 0 Å². The molecule has 0 radical (unpaired) electrons. The largest absolute Gasteiger partial charge is 0.467 e. The summed E-state index contributed by atoms with van der Waals surface area (Å²) in [5.41, 5.74) is 0. The maximum absolute atomic E-state index is 12.3. The second kappa shape index (κ2) is 7.45. The lowest BCUT2D eigenvalue weighted by atomic mass is 10.4. The molecule has 10 heteroatoms. The van der Waals surface area contributed by atoms with Crippen LogP contribution in [-0.2, 0) is 11.3 Å². The van der Waals surface area contributed by atoms with Crippen LogP contribution in [-0.4, -0.2) is 36.3 Å². The van der Waals surface area contributed by atoms with Gasteiger partial charge in [0.05, 0.1) is 16.5 Å². The number of nitrogens with zero attached hydrogens (tertiary/aromatic N) is 5. The Kier molecular flexibility index (Phi) is 5.11. The van der Waals surface area contributed by atoms with Gasteiger partial charge in [-0.25, -0.2) is 9.67 Å². The number of thioether (sulfide) groups is 1. The molecular formula is C14H13ClN6O2S. The molecule has 1 unspecified atom stereocenters. The van der Waals surface area contributed by atoms with E-state index in [0.29, 0.717) is 22.5 Å². The van der Waals surface area contributed by atoms with E-state index in [-0.39, 0.29) is 5.91 Å². The highest BCUT2D eigenvalue weighted by Gasteiger charge is 2.19. The first-order valence-corrected chi connectivity index (χ1v) is 8.25. The van der Waals surface area contributed by atoms with Crippen LogP contribution in [0.2, 0.25) is 5.02 Å². The molecule has 0 aliphatic rings. The van der Waals surface area contributed by atoms with Gasteiger partial charge in [0.25, 0.3) is 0 Å². The Labute approximate surface area is 146 Å². The van der Waals surface area contributed by atoms with Gasteiger partial charge in [-0.05, 0) is 41.6 Å². The van der Waals surface area contributed by atoms with Crippen molar-refractivity contribution < 1.29 is 9.21 Å². The lowest BCUT2D eigenvalue weighted by molar-refractivity contribution is -0.115. The summed E-state index contributed by atoms with van der Waals surface area (Å²) in [6.07, 6.45) is 3.06. The number of carbonyl (C=O) groups excluding carboxylic acids is 1. The van der Waals surface area contributed by atoms with Crippen molar-refractivity contribution in [3.8, 4) is 0 Å². The SMILES string of the molecule is CC(Sc1nnnn1Cc1ccco1)C(=O)Nc1ccc(Cl)cn1. The summed E-state index contributed by atoms with van der Waals surface area (Å²) in [6.45, 7) is 2.16. The Balaban J connectivity index is 1.62. The standard InChI is InChI=1S/C14H13ClN6O2S/c1-9(13(22)17-12-5-4-10(15)7-16-12)24-14-18-19-20-21(14)8-11-3-2-6-23-11/h2-7,9H,8H2,1H3,(H,16,17,22). The third kappa shape index (κ3) is 4.12. The molecule has 0 aromatic carbocycles. The van der Waals surface area contributed by atoms with Crippen LogP contribution in [0.5, 0.6) is 0 Å². The van der Waals surface area contributed by atoms with E-state index in [1.54, 1.807) is 36.1 Å². The van der Waals surface area contributed by atoms with Crippen LogP contribution >= 0.6 is 23.4 Å². The van der Waals surface area contributed by atoms with Crippen molar-refractivity contribution >= 4 is 35.1 Å². The molecule has 1 atom stereocenters. The van der Waals surface area contributed by atoms with Crippen LogP contribution in [0.25, 0.3) is 0 Å². The van der Waals surface area contributed by atoms with E-state index in [9.17, 15) is 4.79 Å². The number of aromatic nitrogens is 5. The number of carbonyl (C=O) groups is 1. The molecule has 1 amide bonds. The van der Waals surface area contributed by atoms with E-state index < -0.39 is 5.25 Å². The van der Waals surface area contributed by atoms with Crippen molar-refractivity contribution in [1.82, 2.24) is 25.2 Å². The summed E-state index contributed by atoms with van der Waals surface area (Å²) in [4.78, 5) is 16.3. The van der Waals surface area contributed by atoms with Crippen molar-refractivity contribution in [3.05, 3.63) is 47.5 Å². The molecule has 8 nitrogen and oxygen atoms in total. The second-order valence-electron chi connectivity index (χ2n) is 4.81. The van der Waals surface area contributed by atoms with Crippen molar-refractivity contribution in [2.24, 2.45) is 0 Å². The first-order valence-electron chi connectivity index (χ1n) is 6.99. The molecule has 24 heavy (non-hydrogen) atoms. The summed E-state index contributed by atoms with van der Waals surface area (Å²) >= 11 is 7.02. The molecular weight excluding hydrogens is 352 g/mol. The molecule has 0 aliphatic carbocycles. The molecule has 1 N–H and O–H groups in total. The van der Waals surface area contributed by atoms with E-state index in [0.717, 1.165) is 5.76 Å². The predicted molar refractivity (Wildman–Crippen MR) is 88.8 cm³/mol. The van der Waals surface area contributed by atoms with Gasteiger partial charge in [0.15, 0.2) is 0 Å². The fraction of sp³-hybridized carbons (Fsp3) is 0.214. The predicted octanol–water partition coefficient (Wildman–Crippen LogP) is 2.48. The third-order valence-corrected chi connectivity index (χ3v) is 4.31. The van der Waals surface area contributed by atoms with E-state index >= 15 is 0 Å². The zero-order valence-corrected chi connectivity index (χ0v) is 14.2. The molecule has 3 rings (SSSR count). The number of amides is 1. The molecule has 0 aliphatic heterocycles. The van der Waals surface area contributed by atoms with Gasteiger partial charge in [-0.1, -0.05) is 23.4 Å². The van der Waals surface area contributed by atoms with Crippen LogP contribution in [0.4, 0.5) is 5.82 Å². The van der Waals surface area contributed by atoms with Gasteiger partial charge in [-0.2, -0.15) is 0 Å². The number of furan rings is 1. The van der Waals surface area contributed by atoms with E-state index in [4.69, 9.17) is 16.0 Å². The van der Waals surface area contributed by atoms with E-state index in [1.807, 2.05) is 6.07 Å². The number of hydrogen-bond donors (Lipinski definition) is 1. The monoisotopic (exact) mass is 364 g/mol. The van der Waals surface area contributed by atoms with Gasteiger partial charge >= 0.3 is 0 Å². The number of pyridine rings is 1. The normalized spacial score (nSPS) is 12.1. The molecule has 0 saturated carbocycles. The van der Waals surface area contributed by atoms with Gasteiger partial charge in [0.2, 0.25) is 11.1 Å². The van der Waals surface area contributed by atoms with Gasteiger partial charge < -0.3 is 9.73 Å². The van der Waals surface area contributed by atoms with Crippen LogP contribution in [0.1, 0.15) is 12.7 Å². The zero-order chi connectivity index (χ0) is 16.9. The maximum atomic E-state index is 12.3.